The van der Waals surface area contributed by atoms with Crippen LogP contribution in [0.4, 0.5) is 0 Å². The predicted octanol–water partition coefficient (Wildman–Crippen LogP) is 2.07. The van der Waals surface area contributed by atoms with Crippen LogP contribution in [0.25, 0.3) is 0 Å². The van der Waals surface area contributed by atoms with Gasteiger partial charge in [-0.1, -0.05) is 19.9 Å². The molecule has 0 aliphatic rings. The lowest BCUT2D eigenvalue weighted by Gasteiger charge is -2.06. The van der Waals surface area contributed by atoms with Crippen molar-refractivity contribution in [1.29, 1.82) is 0 Å². The first-order chi connectivity index (χ1) is 9.26. The molecule has 2 aromatic heterocycles. The molecule has 2 rings (SSSR count). The van der Waals surface area contributed by atoms with Gasteiger partial charge in [0, 0.05) is 12.7 Å². The maximum absolute atomic E-state index is 12.3. The first-order valence-electron chi connectivity index (χ1n) is 6.60. The Labute approximate surface area is 112 Å². The largest absolute Gasteiger partial charge is 0.292 e. The standard InChI is InChI=1S/C14H18N4O/c1-3-8-18-13(16-10-17-18)9-12(19)14-11(4-2)6-5-7-15-14/h5-7,10H,3-4,8-9H2,1-2H3. The van der Waals surface area contributed by atoms with E-state index in [-0.39, 0.29) is 12.2 Å². The zero-order valence-electron chi connectivity index (χ0n) is 11.3. The highest BCUT2D eigenvalue weighted by Gasteiger charge is 2.15. The van der Waals surface area contributed by atoms with E-state index in [1.54, 1.807) is 10.9 Å². The highest BCUT2D eigenvalue weighted by molar-refractivity contribution is 5.96. The molecule has 0 spiro atoms. The molecule has 0 amide bonds. The summed E-state index contributed by atoms with van der Waals surface area (Å²) in [6.45, 7) is 4.88. The summed E-state index contributed by atoms with van der Waals surface area (Å²) in [6, 6.07) is 3.80. The van der Waals surface area contributed by atoms with Crippen LogP contribution in [0.1, 0.15) is 42.1 Å². The number of nitrogens with zero attached hydrogens (tertiary/aromatic N) is 4. The zero-order chi connectivity index (χ0) is 13.7. The van der Waals surface area contributed by atoms with Gasteiger partial charge in [-0.25, -0.2) is 9.67 Å². The summed E-state index contributed by atoms with van der Waals surface area (Å²) in [5, 5.41) is 4.13. The third-order valence-corrected chi connectivity index (χ3v) is 2.99. The molecular weight excluding hydrogens is 240 g/mol. The molecule has 0 bridgehead atoms. The van der Waals surface area contributed by atoms with Crippen LogP contribution in [0, 0.1) is 0 Å². The van der Waals surface area contributed by atoms with E-state index in [0.717, 1.165) is 24.9 Å². The Morgan fingerprint density at radius 3 is 2.89 bits per heavy atom. The molecule has 0 atom stereocenters. The SMILES string of the molecule is CCCn1ncnc1CC(=O)c1ncccc1CC. The summed E-state index contributed by atoms with van der Waals surface area (Å²) in [5.74, 6) is 0.711. The highest BCUT2D eigenvalue weighted by atomic mass is 16.1. The molecule has 19 heavy (non-hydrogen) atoms. The summed E-state index contributed by atoms with van der Waals surface area (Å²) in [7, 11) is 0. The molecule has 0 saturated heterocycles. The van der Waals surface area contributed by atoms with Crippen LogP contribution in [0.2, 0.25) is 0 Å². The Balaban J connectivity index is 2.18. The minimum Gasteiger partial charge on any atom is -0.292 e. The van der Waals surface area contributed by atoms with Crippen LogP contribution in [0.5, 0.6) is 0 Å². The lowest BCUT2D eigenvalue weighted by molar-refractivity contribution is 0.0983. The molecule has 0 radical (unpaired) electrons. The molecular formula is C14H18N4O. The van der Waals surface area contributed by atoms with Gasteiger partial charge in [-0.15, -0.1) is 0 Å². The summed E-state index contributed by atoms with van der Waals surface area (Å²) in [4.78, 5) is 20.7. The predicted molar refractivity (Wildman–Crippen MR) is 72.0 cm³/mol. The number of carbonyl (C=O) groups excluding carboxylic acids is 1. The molecule has 2 heterocycles. The fourth-order valence-electron chi connectivity index (χ4n) is 2.03. The number of ketones is 1. The average molecular weight is 258 g/mol. The van der Waals surface area contributed by atoms with Gasteiger partial charge in [0.1, 0.15) is 17.8 Å². The lowest BCUT2D eigenvalue weighted by atomic mass is 10.1. The fraction of sp³-hybridized carbons (Fsp3) is 0.429. The molecule has 5 nitrogen and oxygen atoms in total. The Morgan fingerprint density at radius 1 is 1.32 bits per heavy atom. The molecule has 5 heteroatoms. The smallest absolute Gasteiger partial charge is 0.189 e. The Hall–Kier alpha value is -2.04. The van der Waals surface area contributed by atoms with E-state index in [1.807, 2.05) is 19.1 Å². The van der Waals surface area contributed by atoms with E-state index in [0.29, 0.717) is 11.5 Å². The Bertz CT molecular complexity index is 562. The second-order valence-electron chi connectivity index (χ2n) is 4.36. The van der Waals surface area contributed by atoms with Crippen LogP contribution in [0.15, 0.2) is 24.7 Å². The van der Waals surface area contributed by atoms with E-state index < -0.39 is 0 Å². The summed E-state index contributed by atoms with van der Waals surface area (Å²) >= 11 is 0. The van der Waals surface area contributed by atoms with Crippen molar-refractivity contribution in [2.24, 2.45) is 0 Å². The maximum Gasteiger partial charge on any atom is 0.189 e. The Kier molecular flexibility index (Phi) is 4.39. The molecule has 0 saturated carbocycles. The number of rotatable bonds is 6. The van der Waals surface area contributed by atoms with Crippen LogP contribution >= 0.6 is 0 Å². The van der Waals surface area contributed by atoms with Gasteiger partial charge in [0.05, 0.1) is 6.42 Å². The number of Topliss-reactive ketones (excluding diaryl/α,β-unsaturated/α-hetero) is 1. The number of aromatic nitrogens is 4. The van der Waals surface area contributed by atoms with E-state index in [9.17, 15) is 4.79 Å². The van der Waals surface area contributed by atoms with Gasteiger partial charge in [0.15, 0.2) is 5.78 Å². The number of pyridine rings is 1. The van der Waals surface area contributed by atoms with Gasteiger partial charge in [-0.3, -0.25) is 9.78 Å². The van der Waals surface area contributed by atoms with E-state index >= 15 is 0 Å². The zero-order valence-corrected chi connectivity index (χ0v) is 11.3. The molecule has 0 N–H and O–H groups in total. The second-order valence-corrected chi connectivity index (χ2v) is 4.36. The minimum absolute atomic E-state index is 0.00260. The molecule has 0 aromatic carbocycles. The molecule has 0 aliphatic carbocycles. The number of hydrogen-bond acceptors (Lipinski definition) is 4. The fourth-order valence-corrected chi connectivity index (χ4v) is 2.03. The van der Waals surface area contributed by atoms with Crippen molar-refractivity contribution in [3.63, 3.8) is 0 Å². The van der Waals surface area contributed by atoms with Crippen molar-refractivity contribution in [1.82, 2.24) is 19.7 Å². The average Bonchev–Trinajstić information content (AvgIpc) is 2.86. The summed E-state index contributed by atoms with van der Waals surface area (Å²) in [5.41, 5.74) is 1.53. The second kappa shape index (κ2) is 6.22. The highest BCUT2D eigenvalue weighted by Crippen LogP contribution is 2.10. The van der Waals surface area contributed by atoms with E-state index in [2.05, 4.69) is 22.0 Å². The maximum atomic E-state index is 12.3. The molecule has 0 unspecified atom stereocenters. The van der Waals surface area contributed by atoms with Crippen molar-refractivity contribution in [2.45, 2.75) is 39.7 Å². The minimum atomic E-state index is 0.00260. The third kappa shape index (κ3) is 3.05. The van der Waals surface area contributed by atoms with Crippen LogP contribution in [0.3, 0.4) is 0 Å². The van der Waals surface area contributed by atoms with Gasteiger partial charge in [-0.2, -0.15) is 5.10 Å². The van der Waals surface area contributed by atoms with Crippen molar-refractivity contribution in [2.75, 3.05) is 0 Å². The van der Waals surface area contributed by atoms with Crippen molar-refractivity contribution in [3.05, 3.63) is 41.7 Å². The number of aryl methyl sites for hydroxylation is 2. The van der Waals surface area contributed by atoms with Gasteiger partial charge in [0.2, 0.25) is 0 Å². The summed E-state index contributed by atoms with van der Waals surface area (Å²) in [6.07, 6.45) is 5.18. The Morgan fingerprint density at radius 2 is 2.16 bits per heavy atom. The summed E-state index contributed by atoms with van der Waals surface area (Å²) < 4.78 is 1.78. The molecule has 2 aromatic rings. The quantitative estimate of drug-likeness (QED) is 0.744. The van der Waals surface area contributed by atoms with Gasteiger partial charge in [-0.05, 0) is 24.5 Å². The van der Waals surface area contributed by atoms with E-state index in [1.165, 1.54) is 6.33 Å². The van der Waals surface area contributed by atoms with Gasteiger partial charge in [0.25, 0.3) is 0 Å². The molecule has 0 aliphatic heterocycles. The van der Waals surface area contributed by atoms with Crippen LogP contribution in [-0.2, 0) is 19.4 Å². The van der Waals surface area contributed by atoms with Gasteiger partial charge >= 0.3 is 0 Å². The lowest BCUT2D eigenvalue weighted by Crippen LogP contribution is -2.14. The van der Waals surface area contributed by atoms with Crippen molar-refractivity contribution in [3.8, 4) is 0 Å². The monoisotopic (exact) mass is 258 g/mol. The molecule has 0 fully saturated rings. The number of hydrogen-bond donors (Lipinski definition) is 0. The molecule has 100 valence electrons. The van der Waals surface area contributed by atoms with Gasteiger partial charge < -0.3 is 0 Å². The first kappa shape index (κ1) is 13.4. The third-order valence-electron chi connectivity index (χ3n) is 2.99. The first-order valence-corrected chi connectivity index (χ1v) is 6.60. The number of carbonyl (C=O) groups is 1. The van der Waals surface area contributed by atoms with Crippen LogP contribution < -0.4 is 0 Å². The topological polar surface area (TPSA) is 60.7 Å². The normalized spacial score (nSPS) is 10.6. The van der Waals surface area contributed by atoms with Crippen molar-refractivity contribution >= 4 is 5.78 Å². The van der Waals surface area contributed by atoms with Crippen molar-refractivity contribution < 1.29 is 4.79 Å². The van der Waals surface area contributed by atoms with E-state index in [4.69, 9.17) is 0 Å². The van der Waals surface area contributed by atoms with Crippen LogP contribution in [-0.4, -0.2) is 25.5 Å².